The minimum atomic E-state index is -4.57. The van der Waals surface area contributed by atoms with Crippen LogP contribution in [-0.4, -0.2) is 15.7 Å². The lowest BCUT2D eigenvalue weighted by atomic mass is 10.3. The van der Waals surface area contributed by atoms with E-state index in [2.05, 4.69) is 15.1 Å². The molecule has 106 valence electrons. The van der Waals surface area contributed by atoms with Crippen LogP contribution in [0.3, 0.4) is 0 Å². The van der Waals surface area contributed by atoms with Gasteiger partial charge in [-0.05, 0) is 31.4 Å². The number of hydrogen-bond acceptors (Lipinski definition) is 5. The first-order valence-electron chi connectivity index (χ1n) is 5.54. The van der Waals surface area contributed by atoms with Crippen LogP contribution in [0.4, 0.5) is 13.2 Å². The fourth-order valence-electron chi connectivity index (χ4n) is 1.29. The van der Waals surface area contributed by atoms with Crippen molar-refractivity contribution in [2.45, 2.75) is 20.0 Å². The van der Waals surface area contributed by atoms with Crippen molar-refractivity contribution in [3.05, 3.63) is 29.3 Å². The molecule has 0 saturated heterocycles. The largest absolute Gasteiger partial charge is 0.433 e. The molecule has 0 N–H and O–H groups in total. The Morgan fingerprint density at radius 3 is 2.60 bits per heavy atom. The number of rotatable bonds is 3. The average molecular weight is 301 g/mol. The van der Waals surface area contributed by atoms with E-state index < -0.39 is 17.9 Å². The fourth-order valence-corrected chi connectivity index (χ4v) is 1.98. The molecular formula is C12H10F3N3OS. The van der Waals surface area contributed by atoms with E-state index >= 15 is 0 Å². The molecule has 0 amide bonds. The Labute approximate surface area is 116 Å². The number of nitrogens with zero attached hydrogens (tertiary/aromatic N) is 3. The smallest absolute Gasteiger partial charge is 0.315 e. The Bertz CT molecular complexity index is 619. The van der Waals surface area contributed by atoms with Gasteiger partial charge in [0.1, 0.15) is 0 Å². The van der Waals surface area contributed by atoms with Gasteiger partial charge in [0.25, 0.3) is 0 Å². The zero-order chi connectivity index (χ0) is 14.8. The summed E-state index contributed by atoms with van der Waals surface area (Å²) in [6.45, 7) is 3.29. The van der Waals surface area contributed by atoms with E-state index in [1.165, 1.54) is 11.3 Å². The molecule has 0 radical (unpaired) electrons. The summed E-state index contributed by atoms with van der Waals surface area (Å²) < 4.78 is 38.4. The van der Waals surface area contributed by atoms with Crippen LogP contribution in [0.25, 0.3) is 10.6 Å². The number of halogens is 3. The molecule has 0 bridgehead atoms. The third-order valence-electron chi connectivity index (χ3n) is 2.08. The van der Waals surface area contributed by atoms with Gasteiger partial charge in [0.15, 0.2) is 5.69 Å². The number of oxime groups is 1. The van der Waals surface area contributed by atoms with E-state index in [1.54, 1.807) is 31.4 Å². The van der Waals surface area contributed by atoms with Gasteiger partial charge in [0.2, 0.25) is 0 Å². The maximum atomic E-state index is 12.8. The van der Waals surface area contributed by atoms with Crippen LogP contribution in [0.5, 0.6) is 6.01 Å². The molecule has 0 aliphatic heterocycles. The quantitative estimate of drug-likeness (QED) is 0.636. The van der Waals surface area contributed by atoms with Gasteiger partial charge in [0.05, 0.1) is 16.3 Å². The highest BCUT2D eigenvalue weighted by molar-refractivity contribution is 7.13. The van der Waals surface area contributed by atoms with Crippen LogP contribution in [0.2, 0.25) is 0 Å². The summed E-state index contributed by atoms with van der Waals surface area (Å²) in [5, 5.41) is 5.32. The Balaban J connectivity index is 2.47. The summed E-state index contributed by atoms with van der Waals surface area (Å²) in [6.07, 6.45) is -4.57. The van der Waals surface area contributed by atoms with Crippen molar-refractivity contribution in [3.63, 3.8) is 0 Å². The van der Waals surface area contributed by atoms with Crippen molar-refractivity contribution in [1.82, 2.24) is 9.97 Å². The summed E-state index contributed by atoms with van der Waals surface area (Å²) in [4.78, 5) is 12.7. The van der Waals surface area contributed by atoms with Gasteiger partial charge >= 0.3 is 12.2 Å². The molecule has 0 spiro atoms. The van der Waals surface area contributed by atoms with Gasteiger partial charge in [-0.2, -0.15) is 23.1 Å². The molecule has 2 aromatic heterocycles. The second-order valence-electron chi connectivity index (χ2n) is 4.03. The third kappa shape index (κ3) is 3.53. The van der Waals surface area contributed by atoms with Crippen LogP contribution < -0.4 is 4.84 Å². The number of aromatic nitrogens is 2. The molecule has 0 aliphatic carbocycles. The standard InChI is InChI=1S/C12H10F3N3OS/c1-7(2)18-19-11-16-8(9-4-3-5-20-9)6-10(17-11)12(13,14)15/h3-6H,1-2H3. The average Bonchev–Trinajstić information content (AvgIpc) is 2.89. The van der Waals surface area contributed by atoms with Crippen molar-refractivity contribution in [2.75, 3.05) is 0 Å². The Hall–Kier alpha value is -1.96. The maximum absolute atomic E-state index is 12.8. The molecule has 0 fully saturated rings. The highest BCUT2D eigenvalue weighted by atomic mass is 32.1. The van der Waals surface area contributed by atoms with Gasteiger partial charge in [-0.1, -0.05) is 11.2 Å². The van der Waals surface area contributed by atoms with Gasteiger partial charge in [-0.3, -0.25) is 0 Å². The first-order chi connectivity index (χ1) is 9.36. The van der Waals surface area contributed by atoms with E-state index in [4.69, 9.17) is 4.84 Å². The Morgan fingerprint density at radius 1 is 1.30 bits per heavy atom. The number of hydrogen-bond donors (Lipinski definition) is 0. The summed E-state index contributed by atoms with van der Waals surface area (Å²) in [6, 6.07) is 3.86. The number of thiophene rings is 1. The summed E-state index contributed by atoms with van der Waals surface area (Å²) in [7, 11) is 0. The molecule has 4 nitrogen and oxygen atoms in total. The van der Waals surface area contributed by atoms with E-state index in [0.717, 1.165) is 6.07 Å². The second kappa shape index (κ2) is 5.58. The van der Waals surface area contributed by atoms with E-state index in [0.29, 0.717) is 10.6 Å². The fraction of sp³-hybridized carbons (Fsp3) is 0.250. The molecule has 2 heterocycles. The first kappa shape index (κ1) is 14.4. The van der Waals surface area contributed by atoms with Crippen LogP contribution in [0.1, 0.15) is 19.5 Å². The molecule has 0 unspecified atom stereocenters. The van der Waals surface area contributed by atoms with Crippen molar-refractivity contribution >= 4 is 17.0 Å². The van der Waals surface area contributed by atoms with E-state index in [9.17, 15) is 13.2 Å². The van der Waals surface area contributed by atoms with Crippen LogP contribution in [0.15, 0.2) is 28.7 Å². The van der Waals surface area contributed by atoms with E-state index in [1.807, 2.05) is 0 Å². The minimum Gasteiger partial charge on any atom is -0.315 e. The molecule has 0 aromatic carbocycles. The molecule has 0 saturated carbocycles. The molecule has 20 heavy (non-hydrogen) atoms. The molecular weight excluding hydrogens is 291 g/mol. The van der Waals surface area contributed by atoms with Crippen molar-refractivity contribution in [2.24, 2.45) is 5.16 Å². The van der Waals surface area contributed by atoms with Gasteiger partial charge in [0, 0.05) is 0 Å². The lowest BCUT2D eigenvalue weighted by Gasteiger charge is -2.08. The predicted octanol–water partition coefficient (Wildman–Crippen LogP) is 4.00. The van der Waals surface area contributed by atoms with Crippen LogP contribution >= 0.6 is 11.3 Å². The zero-order valence-electron chi connectivity index (χ0n) is 10.6. The molecule has 2 aromatic rings. The minimum absolute atomic E-state index is 0.154. The number of alkyl halides is 3. The van der Waals surface area contributed by atoms with Gasteiger partial charge in [-0.25, -0.2) is 0 Å². The van der Waals surface area contributed by atoms with Gasteiger partial charge in [-0.15, -0.1) is 11.3 Å². The predicted molar refractivity (Wildman–Crippen MR) is 69.8 cm³/mol. The van der Waals surface area contributed by atoms with Crippen LogP contribution in [0, 0.1) is 0 Å². The Morgan fingerprint density at radius 2 is 2.05 bits per heavy atom. The lowest BCUT2D eigenvalue weighted by molar-refractivity contribution is -0.141. The SMILES string of the molecule is CC(C)=NOc1nc(-c2cccs2)cc(C(F)(F)F)n1. The second-order valence-corrected chi connectivity index (χ2v) is 4.97. The lowest BCUT2D eigenvalue weighted by Crippen LogP contribution is -2.10. The summed E-state index contributed by atoms with van der Waals surface area (Å²) in [5.41, 5.74) is -0.361. The molecule has 8 heteroatoms. The molecule has 0 atom stereocenters. The zero-order valence-corrected chi connectivity index (χ0v) is 11.4. The van der Waals surface area contributed by atoms with Crippen molar-refractivity contribution < 1.29 is 18.0 Å². The molecule has 2 rings (SSSR count). The van der Waals surface area contributed by atoms with Crippen LogP contribution in [-0.2, 0) is 6.18 Å². The first-order valence-corrected chi connectivity index (χ1v) is 6.42. The topological polar surface area (TPSA) is 47.4 Å². The molecule has 0 aliphatic rings. The summed E-state index contributed by atoms with van der Waals surface area (Å²) in [5.74, 6) is 0. The van der Waals surface area contributed by atoms with Crippen molar-refractivity contribution in [3.8, 4) is 16.6 Å². The normalized spacial score (nSPS) is 11.2. The van der Waals surface area contributed by atoms with E-state index in [-0.39, 0.29) is 5.69 Å². The van der Waals surface area contributed by atoms with Gasteiger partial charge < -0.3 is 4.84 Å². The summed E-state index contributed by atoms with van der Waals surface area (Å²) >= 11 is 1.28. The highest BCUT2D eigenvalue weighted by Gasteiger charge is 2.34. The maximum Gasteiger partial charge on any atom is 0.433 e. The third-order valence-corrected chi connectivity index (χ3v) is 2.97. The highest BCUT2D eigenvalue weighted by Crippen LogP contribution is 2.32. The monoisotopic (exact) mass is 301 g/mol. The Kier molecular flexibility index (Phi) is 4.03. The van der Waals surface area contributed by atoms with Crippen molar-refractivity contribution in [1.29, 1.82) is 0 Å².